The van der Waals surface area contributed by atoms with Gasteiger partial charge in [-0.2, -0.15) is 0 Å². The molecule has 1 aromatic rings. The summed E-state index contributed by atoms with van der Waals surface area (Å²) in [5, 5.41) is 2.92. The normalized spacial score (nSPS) is 9.75. The van der Waals surface area contributed by atoms with Crippen molar-refractivity contribution < 1.29 is 9.59 Å². The van der Waals surface area contributed by atoms with Gasteiger partial charge >= 0.3 is 0 Å². The summed E-state index contributed by atoms with van der Waals surface area (Å²) in [7, 11) is 3.31. The molecule has 1 aromatic carbocycles. The molecule has 0 aliphatic heterocycles. The van der Waals surface area contributed by atoms with Gasteiger partial charge < -0.3 is 10.2 Å². The van der Waals surface area contributed by atoms with Crippen LogP contribution in [-0.2, 0) is 4.79 Å². The Kier molecular flexibility index (Phi) is 3.90. The molecule has 0 atom stereocenters. The number of hydrogen-bond donors (Lipinski definition) is 1. The number of anilines is 1. The summed E-state index contributed by atoms with van der Waals surface area (Å²) < 4.78 is 0. The van der Waals surface area contributed by atoms with Crippen molar-refractivity contribution in [1.82, 2.24) is 4.90 Å². The molecule has 1 rings (SSSR count). The van der Waals surface area contributed by atoms with E-state index >= 15 is 0 Å². The Morgan fingerprint density at radius 3 is 2.38 bits per heavy atom. The van der Waals surface area contributed by atoms with Crippen molar-refractivity contribution in [2.45, 2.75) is 6.92 Å². The molecule has 0 aliphatic carbocycles. The van der Waals surface area contributed by atoms with Crippen molar-refractivity contribution in [2.75, 3.05) is 19.4 Å². The van der Waals surface area contributed by atoms with E-state index < -0.39 is 0 Å². The molecule has 0 radical (unpaired) electrons. The van der Waals surface area contributed by atoms with Crippen LogP contribution in [0.1, 0.15) is 17.3 Å². The predicted molar refractivity (Wildman–Crippen MR) is 63.8 cm³/mol. The van der Waals surface area contributed by atoms with Crippen LogP contribution in [0.3, 0.4) is 0 Å². The molecular weight excluding hydrogens is 228 g/mol. The second-order valence-electron chi connectivity index (χ2n) is 3.58. The van der Waals surface area contributed by atoms with Gasteiger partial charge in [0.1, 0.15) is 0 Å². The molecule has 0 fully saturated rings. The minimum absolute atomic E-state index is 0.167. The van der Waals surface area contributed by atoms with E-state index in [4.69, 9.17) is 11.6 Å². The van der Waals surface area contributed by atoms with E-state index in [1.54, 1.807) is 32.3 Å². The smallest absolute Gasteiger partial charge is 0.254 e. The van der Waals surface area contributed by atoms with Crippen LogP contribution >= 0.6 is 11.6 Å². The van der Waals surface area contributed by atoms with Gasteiger partial charge in [0.2, 0.25) is 5.91 Å². The number of amides is 2. The quantitative estimate of drug-likeness (QED) is 0.860. The molecule has 4 nitrogen and oxygen atoms in total. The monoisotopic (exact) mass is 240 g/mol. The minimum Gasteiger partial charge on any atom is -0.345 e. The lowest BCUT2D eigenvalue weighted by Gasteiger charge is -2.12. The van der Waals surface area contributed by atoms with Gasteiger partial charge in [0.25, 0.3) is 5.91 Å². The van der Waals surface area contributed by atoms with E-state index in [0.717, 1.165) is 0 Å². The van der Waals surface area contributed by atoms with Crippen LogP contribution in [0.5, 0.6) is 0 Å². The number of nitrogens with one attached hydrogen (secondary N) is 1. The van der Waals surface area contributed by atoms with Crippen molar-refractivity contribution >= 4 is 29.1 Å². The third kappa shape index (κ3) is 2.97. The van der Waals surface area contributed by atoms with Gasteiger partial charge in [-0.25, -0.2) is 0 Å². The number of hydrogen-bond acceptors (Lipinski definition) is 2. The van der Waals surface area contributed by atoms with Gasteiger partial charge in [-0.15, -0.1) is 0 Å². The van der Waals surface area contributed by atoms with Crippen LogP contribution in [0.25, 0.3) is 0 Å². The Labute approximate surface area is 99.2 Å². The molecule has 16 heavy (non-hydrogen) atoms. The van der Waals surface area contributed by atoms with Crippen molar-refractivity contribution in [3.8, 4) is 0 Å². The molecule has 86 valence electrons. The fourth-order valence-electron chi connectivity index (χ4n) is 1.21. The lowest BCUT2D eigenvalue weighted by molar-refractivity contribution is -0.114. The van der Waals surface area contributed by atoms with Gasteiger partial charge in [-0.05, 0) is 18.2 Å². The van der Waals surface area contributed by atoms with E-state index in [1.165, 1.54) is 11.8 Å². The summed E-state index contributed by atoms with van der Waals surface area (Å²) in [6.07, 6.45) is 0. The summed E-state index contributed by atoms with van der Waals surface area (Å²) >= 11 is 5.95. The highest BCUT2D eigenvalue weighted by Gasteiger charge is 2.12. The van der Waals surface area contributed by atoms with Crippen LogP contribution < -0.4 is 5.32 Å². The molecule has 0 unspecified atom stereocenters. The fourth-order valence-corrected chi connectivity index (χ4v) is 1.47. The van der Waals surface area contributed by atoms with E-state index in [-0.39, 0.29) is 11.8 Å². The van der Waals surface area contributed by atoms with Crippen LogP contribution in [0.4, 0.5) is 5.69 Å². The first-order chi connectivity index (χ1) is 7.41. The van der Waals surface area contributed by atoms with E-state index in [1.807, 2.05) is 0 Å². The summed E-state index contributed by atoms with van der Waals surface area (Å²) in [6, 6.07) is 4.79. The lowest BCUT2D eigenvalue weighted by Crippen LogP contribution is -2.22. The van der Waals surface area contributed by atoms with Crippen molar-refractivity contribution in [3.05, 3.63) is 28.8 Å². The summed E-state index contributed by atoms with van der Waals surface area (Å²) in [6.45, 7) is 1.41. The van der Waals surface area contributed by atoms with Gasteiger partial charge in [-0.3, -0.25) is 9.59 Å². The van der Waals surface area contributed by atoms with Crippen molar-refractivity contribution in [2.24, 2.45) is 0 Å². The second kappa shape index (κ2) is 4.99. The van der Waals surface area contributed by atoms with Gasteiger partial charge in [0.15, 0.2) is 0 Å². The number of carbonyl (C=O) groups excluding carboxylic acids is 2. The fraction of sp³-hybridized carbons (Fsp3) is 0.273. The highest BCUT2D eigenvalue weighted by molar-refractivity contribution is 6.34. The number of rotatable bonds is 2. The van der Waals surface area contributed by atoms with Gasteiger partial charge in [0, 0.05) is 26.7 Å². The Balaban J connectivity index is 3.00. The first-order valence-electron chi connectivity index (χ1n) is 4.70. The van der Waals surface area contributed by atoms with Crippen molar-refractivity contribution in [1.29, 1.82) is 0 Å². The minimum atomic E-state index is -0.178. The zero-order valence-electron chi connectivity index (χ0n) is 9.37. The molecule has 0 saturated heterocycles. The van der Waals surface area contributed by atoms with Crippen molar-refractivity contribution in [3.63, 3.8) is 0 Å². The van der Waals surface area contributed by atoms with E-state index in [2.05, 4.69) is 5.32 Å². The molecule has 0 saturated carbocycles. The number of benzene rings is 1. The van der Waals surface area contributed by atoms with E-state index in [0.29, 0.717) is 16.3 Å². The van der Waals surface area contributed by atoms with Gasteiger partial charge in [-0.1, -0.05) is 11.6 Å². The first kappa shape index (κ1) is 12.5. The third-order valence-corrected chi connectivity index (χ3v) is 2.24. The third-order valence-electron chi connectivity index (χ3n) is 1.93. The molecule has 0 heterocycles. The SMILES string of the molecule is CC(=O)Nc1ccc(C(=O)N(C)C)c(Cl)c1. The molecule has 0 spiro atoms. The number of carbonyl (C=O) groups is 2. The molecule has 0 aliphatic rings. The summed E-state index contributed by atoms with van der Waals surface area (Å²) in [5.74, 6) is -0.345. The molecule has 5 heteroatoms. The Morgan fingerprint density at radius 2 is 1.94 bits per heavy atom. The molecule has 2 amide bonds. The molecule has 1 N–H and O–H groups in total. The van der Waals surface area contributed by atoms with E-state index in [9.17, 15) is 9.59 Å². The Bertz CT molecular complexity index is 430. The summed E-state index contributed by atoms with van der Waals surface area (Å²) in [5.41, 5.74) is 0.994. The predicted octanol–water partition coefficient (Wildman–Crippen LogP) is 2.00. The zero-order valence-corrected chi connectivity index (χ0v) is 10.1. The van der Waals surface area contributed by atoms with Crippen LogP contribution in [0.15, 0.2) is 18.2 Å². The van der Waals surface area contributed by atoms with Crippen LogP contribution in [0.2, 0.25) is 5.02 Å². The maximum absolute atomic E-state index is 11.7. The molecule has 0 bridgehead atoms. The lowest BCUT2D eigenvalue weighted by atomic mass is 10.2. The standard InChI is InChI=1S/C11H13ClN2O2/c1-7(15)13-8-4-5-9(10(12)6-8)11(16)14(2)3/h4-6H,1-3H3,(H,13,15). The summed E-state index contributed by atoms with van der Waals surface area (Å²) in [4.78, 5) is 23.9. The Hall–Kier alpha value is -1.55. The zero-order chi connectivity index (χ0) is 12.3. The maximum atomic E-state index is 11.7. The highest BCUT2D eigenvalue weighted by Crippen LogP contribution is 2.21. The average Bonchev–Trinajstić information content (AvgIpc) is 2.15. The van der Waals surface area contributed by atoms with Gasteiger partial charge in [0.05, 0.1) is 10.6 Å². The maximum Gasteiger partial charge on any atom is 0.254 e. The first-order valence-corrected chi connectivity index (χ1v) is 5.08. The molecular formula is C11H13ClN2O2. The van der Waals surface area contributed by atoms with Crippen LogP contribution in [-0.4, -0.2) is 30.8 Å². The largest absolute Gasteiger partial charge is 0.345 e. The number of halogens is 1. The topological polar surface area (TPSA) is 49.4 Å². The highest BCUT2D eigenvalue weighted by atomic mass is 35.5. The number of nitrogens with zero attached hydrogens (tertiary/aromatic N) is 1. The Morgan fingerprint density at radius 1 is 1.31 bits per heavy atom. The molecule has 0 aromatic heterocycles. The average molecular weight is 241 g/mol. The van der Waals surface area contributed by atoms with Crippen LogP contribution in [0, 0.1) is 0 Å². The second-order valence-corrected chi connectivity index (χ2v) is 3.98.